The maximum Gasteiger partial charge on any atom is 0.276 e. The van der Waals surface area contributed by atoms with Crippen molar-refractivity contribution >= 4 is 23.4 Å². The van der Waals surface area contributed by atoms with Crippen molar-refractivity contribution in [3.05, 3.63) is 46.3 Å². The van der Waals surface area contributed by atoms with Crippen LogP contribution in [0.4, 0.5) is 5.69 Å². The molecule has 0 atom stereocenters. The van der Waals surface area contributed by atoms with Crippen molar-refractivity contribution < 1.29 is 4.79 Å². The number of rotatable bonds is 4. The van der Waals surface area contributed by atoms with E-state index in [0.717, 1.165) is 55.1 Å². The highest BCUT2D eigenvalue weighted by Crippen LogP contribution is 2.21. The van der Waals surface area contributed by atoms with Crippen molar-refractivity contribution in [2.75, 3.05) is 36.5 Å². The van der Waals surface area contributed by atoms with Crippen molar-refractivity contribution in [1.29, 1.82) is 0 Å². The lowest BCUT2D eigenvalue weighted by Gasteiger charge is -2.26. The summed E-state index contributed by atoms with van der Waals surface area (Å²) in [4.78, 5) is 15.2. The Morgan fingerprint density at radius 2 is 2.19 bits per heavy atom. The fourth-order valence-electron chi connectivity index (χ4n) is 3.58. The third-order valence-corrected chi connectivity index (χ3v) is 6.01. The number of carbonyl (C=O) groups excluding carboxylic acids is 1. The first-order chi connectivity index (χ1) is 12.7. The number of aryl methyl sites for hydroxylation is 1. The lowest BCUT2D eigenvalue weighted by atomic mass is 10.1. The van der Waals surface area contributed by atoms with Gasteiger partial charge in [-0.15, -0.1) is 0 Å². The number of carbonyl (C=O) groups is 1. The Bertz CT molecular complexity index is 797. The lowest BCUT2D eigenvalue weighted by Crippen LogP contribution is -2.31. The van der Waals surface area contributed by atoms with Gasteiger partial charge < -0.3 is 10.6 Å². The second-order valence-corrected chi connectivity index (χ2v) is 8.17. The fraction of sp³-hybridized carbons (Fsp3) is 0.474. The summed E-state index contributed by atoms with van der Waals surface area (Å²) in [5.74, 6) is 2.29. The third-order valence-electron chi connectivity index (χ3n) is 5.07. The third kappa shape index (κ3) is 3.79. The number of fused-ring (bicyclic) bond motifs is 1. The first kappa shape index (κ1) is 17.6. The molecule has 0 radical (unpaired) electrons. The van der Waals surface area contributed by atoms with Crippen LogP contribution in [0.1, 0.15) is 32.9 Å². The molecular formula is C19H25N5OS. The van der Waals surface area contributed by atoms with Crippen LogP contribution < -0.4 is 10.6 Å². The standard InChI is InChI=1S/C19H25N5OS/c1-13-10-14(12-24-6-8-26-9-7-24)2-3-16(13)21-19(25)18-15-11-20-5-4-17(15)22-23-18/h2-3,10,20H,4-9,11-12H2,1H3,(H,21,25)(H,22,23). The number of anilines is 1. The van der Waals surface area contributed by atoms with E-state index >= 15 is 0 Å². The highest BCUT2D eigenvalue weighted by molar-refractivity contribution is 7.99. The number of H-pyrrole nitrogens is 1. The van der Waals surface area contributed by atoms with Gasteiger partial charge in [0.1, 0.15) is 0 Å². The van der Waals surface area contributed by atoms with Gasteiger partial charge in [-0.3, -0.25) is 14.8 Å². The highest BCUT2D eigenvalue weighted by atomic mass is 32.2. The number of thioether (sulfide) groups is 1. The van der Waals surface area contributed by atoms with Gasteiger partial charge in [0.15, 0.2) is 5.69 Å². The minimum Gasteiger partial charge on any atom is -0.320 e. The fourth-order valence-corrected chi connectivity index (χ4v) is 4.56. The zero-order chi connectivity index (χ0) is 17.9. The minimum atomic E-state index is -0.143. The van der Waals surface area contributed by atoms with E-state index in [1.54, 1.807) is 0 Å². The summed E-state index contributed by atoms with van der Waals surface area (Å²) in [6, 6.07) is 6.31. The summed E-state index contributed by atoms with van der Waals surface area (Å²) in [7, 11) is 0. The van der Waals surface area contributed by atoms with Crippen LogP contribution in [0.15, 0.2) is 18.2 Å². The van der Waals surface area contributed by atoms with E-state index in [1.807, 2.05) is 24.8 Å². The highest BCUT2D eigenvalue weighted by Gasteiger charge is 2.22. The zero-order valence-electron chi connectivity index (χ0n) is 15.1. The van der Waals surface area contributed by atoms with Crippen LogP contribution in [-0.2, 0) is 19.5 Å². The molecule has 1 saturated heterocycles. The average molecular weight is 372 g/mol. The Balaban J connectivity index is 1.44. The van der Waals surface area contributed by atoms with Crippen LogP contribution in [0.2, 0.25) is 0 Å². The summed E-state index contributed by atoms with van der Waals surface area (Å²) in [5.41, 5.74) is 5.81. The molecule has 3 N–H and O–H groups in total. The maximum absolute atomic E-state index is 12.7. The molecule has 1 aromatic heterocycles. The predicted molar refractivity (Wildman–Crippen MR) is 106 cm³/mol. The Morgan fingerprint density at radius 3 is 3.00 bits per heavy atom. The summed E-state index contributed by atoms with van der Waals surface area (Å²) in [6.07, 6.45) is 0.887. The molecule has 138 valence electrons. The number of amides is 1. The van der Waals surface area contributed by atoms with Crippen LogP contribution in [-0.4, -0.2) is 52.1 Å². The Labute approximate surface area is 158 Å². The van der Waals surface area contributed by atoms with E-state index in [4.69, 9.17) is 0 Å². The Hall–Kier alpha value is -1.83. The molecule has 2 aliphatic rings. The van der Waals surface area contributed by atoms with Gasteiger partial charge in [-0.25, -0.2) is 0 Å². The number of nitrogens with one attached hydrogen (secondary N) is 3. The molecule has 1 fully saturated rings. The predicted octanol–water partition coefficient (Wildman–Crippen LogP) is 2.16. The Morgan fingerprint density at radius 1 is 1.35 bits per heavy atom. The molecule has 7 heteroatoms. The normalized spacial score (nSPS) is 17.7. The van der Waals surface area contributed by atoms with E-state index in [0.29, 0.717) is 12.2 Å². The first-order valence-electron chi connectivity index (χ1n) is 9.18. The second kappa shape index (κ2) is 7.82. The van der Waals surface area contributed by atoms with Gasteiger partial charge in [0.2, 0.25) is 0 Å². The first-order valence-corrected chi connectivity index (χ1v) is 10.3. The molecule has 1 aromatic carbocycles. The van der Waals surface area contributed by atoms with Gasteiger partial charge in [-0.05, 0) is 24.1 Å². The number of aromatic amines is 1. The minimum absolute atomic E-state index is 0.143. The van der Waals surface area contributed by atoms with Crippen LogP contribution in [0, 0.1) is 6.92 Å². The zero-order valence-corrected chi connectivity index (χ0v) is 15.9. The van der Waals surface area contributed by atoms with Crippen molar-refractivity contribution in [3.63, 3.8) is 0 Å². The smallest absolute Gasteiger partial charge is 0.276 e. The van der Waals surface area contributed by atoms with E-state index in [-0.39, 0.29) is 5.91 Å². The average Bonchev–Trinajstić information content (AvgIpc) is 3.09. The van der Waals surface area contributed by atoms with Crippen LogP contribution >= 0.6 is 11.8 Å². The molecule has 6 nitrogen and oxygen atoms in total. The van der Waals surface area contributed by atoms with Crippen LogP contribution in [0.5, 0.6) is 0 Å². The van der Waals surface area contributed by atoms with Gasteiger partial charge in [-0.2, -0.15) is 16.9 Å². The molecule has 0 unspecified atom stereocenters. The summed E-state index contributed by atoms with van der Waals surface area (Å²) < 4.78 is 0. The van der Waals surface area contributed by atoms with E-state index < -0.39 is 0 Å². The summed E-state index contributed by atoms with van der Waals surface area (Å²) in [6.45, 7) is 6.95. The lowest BCUT2D eigenvalue weighted by molar-refractivity contribution is 0.102. The van der Waals surface area contributed by atoms with Crippen LogP contribution in [0.25, 0.3) is 0 Å². The number of hydrogen-bond acceptors (Lipinski definition) is 5. The quantitative estimate of drug-likeness (QED) is 0.768. The number of nitrogens with zero attached hydrogens (tertiary/aromatic N) is 2. The van der Waals surface area contributed by atoms with Crippen LogP contribution in [0.3, 0.4) is 0 Å². The monoisotopic (exact) mass is 371 g/mol. The largest absolute Gasteiger partial charge is 0.320 e. The van der Waals surface area contributed by atoms with E-state index in [2.05, 4.69) is 37.9 Å². The maximum atomic E-state index is 12.7. The van der Waals surface area contributed by atoms with Crippen molar-refractivity contribution in [1.82, 2.24) is 20.4 Å². The van der Waals surface area contributed by atoms with Gasteiger partial charge >= 0.3 is 0 Å². The molecule has 3 heterocycles. The van der Waals surface area contributed by atoms with Gasteiger partial charge in [-0.1, -0.05) is 12.1 Å². The van der Waals surface area contributed by atoms with Crippen molar-refractivity contribution in [2.24, 2.45) is 0 Å². The van der Waals surface area contributed by atoms with Gasteiger partial charge in [0.05, 0.1) is 0 Å². The van der Waals surface area contributed by atoms with Crippen molar-refractivity contribution in [3.8, 4) is 0 Å². The van der Waals surface area contributed by atoms with Gasteiger partial charge in [0, 0.05) is 67.6 Å². The topological polar surface area (TPSA) is 73.0 Å². The molecule has 0 aliphatic carbocycles. The molecular weight excluding hydrogens is 346 g/mol. The second-order valence-electron chi connectivity index (χ2n) is 6.95. The number of aromatic nitrogens is 2. The summed E-state index contributed by atoms with van der Waals surface area (Å²) >= 11 is 2.03. The molecule has 1 amide bonds. The van der Waals surface area contributed by atoms with E-state index in [9.17, 15) is 4.79 Å². The molecule has 2 aromatic rings. The molecule has 26 heavy (non-hydrogen) atoms. The molecule has 2 aliphatic heterocycles. The molecule has 0 saturated carbocycles. The molecule has 4 rings (SSSR count). The van der Waals surface area contributed by atoms with Crippen molar-refractivity contribution in [2.45, 2.75) is 26.4 Å². The Kier molecular flexibility index (Phi) is 5.28. The number of benzene rings is 1. The summed E-state index contributed by atoms with van der Waals surface area (Å²) in [5, 5.41) is 13.6. The van der Waals surface area contributed by atoms with E-state index in [1.165, 1.54) is 17.1 Å². The SMILES string of the molecule is Cc1cc(CN2CCSCC2)ccc1NC(=O)c1n[nH]c2c1CNCC2. The number of hydrogen-bond donors (Lipinski definition) is 3. The molecule has 0 spiro atoms. The molecule has 0 bridgehead atoms. The van der Waals surface area contributed by atoms with Gasteiger partial charge in [0.25, 0.3) is 5.91 Å².